The number of rotatable bonds is 12. The van der Waals surface area contributed by atoms with Gasteiger partial charge in [0.05, 0.1) is 0 Å². The zero-order valence-corrected chi connectivity index (χ0v) is 21.5. The second-order valence-electron chi connectivity index (χ2n) is 8.96. The van der Waals surface area contributed by atoms with Crippen molar-refractivity contribution in [3.05, 3.63) is 150 Å². The summed E-state index contributed by atoms with van der Waals surface area (Å²) in [5.74, 6) is 0.596. The van der Waals surface area contributed by atoms with Crippen molar-refractivity contribution in [3.8, 4) is 28.7 Å². The fraction of sp³-hybridized carbons (Fsp3) is 0.118. The van der Waals surface area contributed by atoms with E-state index in [1.165, 1.54) is 6.07 Å². The summed E-state index contributed by atoms with van der Waals surface area (Å²) < 4.78 is 24.8. The van der Waals surface area contributed by atoms with Crippen LogP contribution in [0.4, 0.5) is 0 Å². The summed E-state index contributed by atoms with van der Waals surface area (Å²) in [5.41, 5.74) is 3.82. The van der Waals surface area contributed by atoms with Crippen LogP contribution < -0.4 is 24.1 Å². The van der Waals surface area contributed by atoms with Crippen LogP contribution in [0.1, 0.15) is 22.3 Å². The van der Waals surface area contributed by atoms with Gasteiger partial charge in [-0.2, -0.15) is 0 Å². The highest BCUT2D eigenvalue weighted by atomic mass is 16.6. The van der Waals surface area contributed by atoms with E-state index in [1.807, 2.05) is 121 Å². The van der Waals surface area contributed by atoms with Gasteiger partial charge in [-0.3, -0.25) is 0 Å². The standard InChI is InChI=1S/C34H30O5/c35-30-21-31(36-22-26-13-5-1-6-14-26)33(38-24-28-17-9-3-10-18-28)34(39-25-29-19-11-4-12-20-29)32(30)37-23-27-15-7-2-8-16-27/h1-21,35H,22-25H2/p-1. The molecule has 0 heterocycles. The maximum atomic E-state index is 13.4. The van der Waals surface area contributed by atoms with Crippen LogP contribution in [0.5, 0.6) is 28.7 Å². The van der Waals surface area contributed by atoms with Crippen LogP contribution in [0, 0.1) is 0 Å². The Morgan fingerprint density at radius 3 is 1.13 bits per heavy atom. The molecule has 0 fully saturated rings. The Hall–Kier alpha value is -4.90. The summed E-state index contributed by atoms with van der Waals surface area (Å²) >= 11 is 0. The van der Waals surface area contributed by atoms with Crippen LogP contribution in [-0.2, 0) is 26.4 Å². The molecule has 196 valence electrons. The lowest BCUT2D eigenvalue weighted by Gasteiger charge is -2.24. The third-order valence-electron chi connectivity index (χ3n) is 6.04. The third kappa shape index (κ3) is 7.11. The second kappa shape index (κ2) is 13.1. The van der Waals surface area contributed by atoms with Crippen LogP contribution in [-0.4, -0.2) is 0 Å². The predicted molar refractivity (Wildman–Crippen MR) is 149 cm³/mol. The Morgan fingerprint density at radius 1 is 0.385 bits per heavy atom. The zero-order chi connectivity index (χ0) is 26.7. The van der Waals surface area contributed by atoms with E-state index in [-0.39, 0.29) is 43.7 Å². The molecule has 0 aliphatic carbocycles. The van der Waals surface area contributed by atoms with E-state index in [9.17, 15) is 5.11 Å². The Bertz CT molecular complexity index is 1440. The summed E-state index contributed by atoms with van der Waals surface area (Å²) in [6, 6.07) is 40.4. The Balaban J connectivity index is 1.51. The summed E-state index contributed by atoms with van der Waals surface area (Å²) in [5, 5.41) is 13.4. The first kappa shape index (κ1) is 25.7. The molecule has 0 radical (unpaired) electrons. The Morgan fingerprint density at radius 2 is 0.718 bits per heavy atom. The van der Waals surface area contributed by atoms with Crippen molar-refractivity contribution in [2.75, 3.05) is 0 Å². The average molecular weight is 518 g/mol. The van der Waals surface area contributed by atoms with Crippen molar-refractivity contribution in [2.45, 2.75) is 26.4 Å². The Kier molecular flexibility index (Phi) is 8.62. The molecule has 0 unspecified atom stereocenters. The van der Waals surface area contributed by atoms with Gasteiger partial charge in [0.2, 0.25) is 11.5 Å². The molecule has 5 aromatic rings. The minimum atomic E-state index is -0.343. The van der Waals surface area contributed by atoms with Crippen molar-refractivity contribution in [1.82, 2.24) is 0 Å². The van der Waals surface area contributed by atoms with Gasteiger partial charge in [-0.15, -0.1) is 0 Å². The molecular weight excluding hydrogens is 488 g/mol. The van der Waals surface area contributed by atoms with Crippen LogP contribution in [0.2, 0.25) is 0 Å². The largest absolute Gasteiger partial charge is 0.870 e. The smallest absolute Gasteiger partial charge is 0.207 e. The van der Waals surface area contributed by atoms with Gasteiger partial charge in [-0.1, -0.05) is 127 Å². The molecule has 5 rings (SSSR count). The van der Waals surface area contributed by atoms with E-state index >= 15 is 0 Å². The van der Waals surface area contributed by atoms with Crippen LogP contribution in [0.15, 0.2) is 127 Å². The molecule has 0 aliphatic rings. The SMILES string of the molecule is [O-]c1cc(OCc2ccccc2)c(OCc2ccccc2)c(OCc2ccccc2)c1OCc1ccccc1. The van der Waals surface area contributed by atoms with Crippen LogP contribution in [0.25, 0.3) is 0 Å². The first-order valence-corrected chi connectivity index (χ1v) is 12.8. The molecule has 0 saturated carbocycles. The minimum Gasteiger partial charge on any atom is -0.870 e. The van der Waals surface area contributed by atoms with E-state index in [4.69, 9.17) is 18.9 Å². The van der Waals surface area contributed by atoms with Gasteiger partial charge in [0, 0.05) is 0 Å². The summed E-state index contributed by atoms with van der Waals surface area (Å²) in [6.07, 6.45) is 0. The molecule has 0 spiro atoms. The van der Waals surface area contributed by atoms with Gasteiger partial charge in [-0.05, 0) is 28.3 Å². The van der Waals surface area contributed by atoms with Crippen molar-refractivity contribution in [1.29, 1.82) is 0 Å². The highest BCUT2D eigenvalue weighted by Crippen LogP contribution is 2.50. The van der Waals surface area contributed by atoms with Crippen LogP contribution >= 0.6 is 0 Å². The number of ether oxygens (including phenoxy) is 4. The molecule has 0 atom stereocenters. The third-order valence-corrected chi connectivity index (χ3v) is 6.04. The molecule has 0 saturated heterocycles. The molecule has 0 bridgehead atoms. The Labute approximate surface area is 228 Å². The van der Waals surface area contributed by atoms with E-state index in [2.05, 4.69) is 0 Å². The molecular formula is C34H29O5-. The highest BCUT2D eigenvalue weighted by molar-refractivity contribution is 5.65. The monoisotopic (exact) mass is 517 g/mol. The van der Waals surface area contributed by atoms with Crippen molar-refractivity contribution in [3.63, 3.8) is 0 Å². The fourth-order valence-electron chi connectivity index (χ4n) is 4.01. The fourth-order valence-corrected chi connectivity index (χ4v) is 4.01. The lowest BCUT2D eigenvalue weighted by molar-refractivity contribution is -0.270. The first-order valence-electron chi connectivity index (χ1n) is 12.8. The number of hydrogen-bond donors (Lipinski definition) is 0. The topological polar surface area (TPSA) is 60.0 Å². The van der Waals surface area contributed by atoms with E-state index < -0.39 is 0 Å². The molecule has 5 nitrogen and oxygen atoms in total. The van der Waals surface area contributed by atoms with E-state index in [1.54, 1.807) is 0 Å². The molecule has 0 aromatic heterocycles. The summed E-state index contributed by atoms with van der Waals surface area (Å²) in [7, 11) is 0. The van der Waals surface area contributed by atoms with Crippen molar-refractivity contribution in [2.24, 2.45) is 0 Å². The number of benzene rings is 5. The number of hydrogen-bond acceptors (Lipinski definition) is 5. The second-order valence-corrected chi connectivity index (χ2v) is 8.96. The molecule has 5 aromatic carbocycles. The maximum Gasteiger partial charge on any atom is 0.207 e. The zero-order valence-electron chi connectivity index (χ0n) is 21.5. The molecule has 0 aliphatic heterocycles. The summed E-state index contributed by atoms with van der Waals surface area (Å²) in [4.78, 5) is 0. The van der Waals surface area contributed by atoms with E-state index in [0.29, 0.717) is 11.5 Å². The molecule has 39 heavy (non-hydrogen) atoms. The van der Waals surface area contributed by atoms with Gasteiger partial charge in [0.15, 0.2) is 11.5 Å². The van der Waals surface area contributed by atoms with Crippen molar-refractivity contribution >= 4 is 0 Å². The van der Waals surface area contributed by atoms with Crippen LogP contribution in [0.3, 0.4) is 0 Å². The van der Waals surface area contributed by atoms with Gasteiger partial charge >= 0.3 is 0 Å². The predicted octanol–water partition coefficient (Wildman–Crippen LogP) is 7.08. The summed E-state index contributed by atoms with van der Waals surface area (Å²) in [6.45, 7) is 0.969. The quantitative estimate of drug-likeness (QED) is 0.177. The van der Waals surface area contributed by atoms with E-state index in [0.717, 1.165) is 22.3 Å². The normalized spacial score (nSPS) is 10.6. The maximum absolute atomic E-state index is 13.4. The highest BCUT2D eigenvalue weighted by Gasteiger charge is 2.21. The van der Waals surface area contributed by atoms with Crippen molar-refractivity contribution < 1.29 is 24.1 Å². The lowest BCUT2D eigenvalue weighted by Crippen LogP contribution is -2.09. The first-order chi connectivity index (χ1) is 19.3. The molecule has 0 amide bonds. The van der Waals surface area contributed by atoms with Gasteiger partial charge in [-0.25, -0.2) is 0 Å². The minimum absolute atomic E-state index is 0.0879. The van der Waals surface area contributed by atoms with Gasteiger partial charge in [0.1, 0.15) is 26.4 Å². The molecule has 5 heteroatoms. The van der Waals surface area contributed by atoms with Gasteiger partial charge in [0.25, 0.3) is 0 Å². The van der Waals surface area contributed by atoms with Gasteiger partial charge < -0.3 is 24.1 Å². The average Bonchev–Trinajstić information content (AvgIpc) is 3.00. The molecule has 0 N–H and O–H groups in total. The lowest BCUT2D eigenvalue weighted by atomic mass is 10.2.